The van der Waals surface area contributed by atoms with Crippen molar-refractivity contribution in [3.8, 4) is 5.75 Å². The molecule has 0 fully saturated rings. The molecule has 0 aliphatic heterocycles. The molecule has 7 heteroatoms. The summed E-state index contributed by atoms with van der Waals surface area (Å²) in [6.45, 7) is 8.32. The fourth-order valence-corrected chi connectivity index (χ4v) is 3.41. The van der Waals surface area contributed by atoms with Crippen molar-refractivity contribution in [3.05, 3.63) is 46.2 Å². The van der Waals surface area contributed by atoms with E-state index in [1.807, 2.05) is 45.0 Å². The normalized spacial score (nSPS) is 10.4. The van der Waals surface area contributed by atoms with Gasteiger partial charge in [-0.15, -0.1) is 12.4 Å². The topological polar surface area (TPSA) is 47.0 Å². The van der Waals surface area contributed by atoms with Crippen LogP contribution in [0.15, 0.2) is 29.4 Å². The third kappa shape index (κ3) is 7.82. The molecule has 0 atom stereocenters. The number of rotatable bonds is 9. The van der Waals surface area contributed by atoms with E-state index in [2.05, 4.69) is 15.3 Å². The summed E-state index contributed by atoms with van der Waals surface area (Å²) < 4.78 is 5.63. The average molecular weight is 402 g/mol. The average Bonchev–Trinajstić information content (AvgIpc) is 2.52. The molecule has 0 aliphatic rings. The smallest absolute Gasteiger partial charge is 0.187 e. The highest BCUT2D eigenvalue weighted by atomic mass is 35.5. The molecule has 0 radical (unpaired) electrons. The van der Waals surface area contributed by atoms with Crippen LogP contribution in [0.1, 0.15) is 30.3 Å². The summed E-state index contributed by atoms with van der Waals surface area (Å²) >= 11 is 7.77. The van der Waals surface area contributed by atoms with Gasteiger partial charge < -0.3 is 10.1 Å². The van der Waals surface area contributed by atoms with E-state index >= 15 is 0 Å². The van der Waals surface area contributed by atoms with E-state index < -0.39 is 0 Å². The quantitative estimate of drug-likeness (QED) is 0.370. The largest absolute Gasteiger partial charge is 0.494 e. The Morgan fingerprint density at radius 2 is 1.88 bits per heavy atom. The Kier molecular flexibility index (Phi) is 10.2. The van der Waals surface area contributed by atoms with Gasteiger partial charge in [0.2, 0.25) is 0 Å². The number of ether oxygens (including phenoxy) is 1. The van der Waals surface area contributed by atoms with Crippen LogP contribution in [-0.4, -0.2) is 28.9 Å². The minimum atomic E-state index is 0. The van der Waals surface area contributed by atoms with Crippen molar-refractivity contribution >= 4 is 35.8 Å². The van der Waals surface area contributed by atoms with E-state index in [1.54, 1.807) is 11.8 Å². The van der Waals surface area contributed by atoms with Gasteiger partial charge in [0.25, 0.3) is 0 Å². The Morgan fingerprint density at radius 3 is 2.56 bits per heavy atom. The third-order valence-electron chi connectivity index (χ3n) is 3.33. The number of hydrogen-bond acceptors (Lipinski definition) is 5. The Labute approximate surface area is 165 Å². The Morgan fingerprint density at radius 1 is 1.16 bits per heavy atom. The zero-order valence-corrected chi connectivity index (χ0v) is 17.2. The second kappa shape index (κ2) is 11.6. The van der Waals surface area contributed by atoms with Gasteiger partial charge in [-0.1, -0.05) is 23.4 Å². The van der Waals surface area contributed by atoms with Crippen LogP contribution in [-0.2, 0) is 6.54 Å². The van der Waals surface area contributed by atoms with Crippen molar-refractivity contribution in [1.82, 2.24) is 15.3 Å². The molecule has 2 aromatic rings. The highest BCUT2D eigenvalue weighted by molar-refractivity contribution is 7.99. The minimum absolute atomic E-state index is 0. The summed E-state index contributed by atoms with van der Waals surface area (Å²) in [4.78, 5) is 8.88. The lowest BCUT2D eigenvalue weighted by molar-refractivity contribution is 0.335. The molecule has 0 aliphatic carbocycles. The van der Waals surface area contributed by atoms with Crippen LogP contribution < -0.4 is 10.1 Å². The Bertz CT molecular complexity index is 651. The number of aryl methyl sites for hydroxylation is 2. The van der Waals surface area contributed by atoms with Crippen LogP contribution >= 0.6 is 35.8 Å². The van der Waals surface area contributed by atoms with Crippen molar-refractivity contribution in [3.63, 3.8) is 0 Å². The van der Waals surface area contributed by atoms with E-state index in [9.17, 15) is 0 Å². The maximum absolute atomic E-state index is 6.07. The van der Waals surface area contributed by atoms with E-state index in [0.29, 0.717) is 6.61 Å². The lowest BCUT2D eigenvalue weighted by Gasteiger charge is -2.11. The SMILES string of the molecule is CCOc1ccc(Cl)cc1CNCCCSc1nc(C)cc(C)n1.Cl. The van der Waals surface area contributed by atoms with Crippen LogP contribution in [0.5, 0.6) is 5.75 Å². The van der Waals surface area contributed by atoms with Gasteiger partial charge in [0.1, 0.15) is 5.75 Å². The van der Waals surface area contributed by atoms with Crippen LogP contribution in [0, 0.1) is 13.8 Å². The predicted molar refractivity (Wildman–Crippen MR) is 108 cm³/mol. The highest BCUT2D eigenvalue weighted by Crippen LogP contribution is 2.23. The van der Waals surface area contributed by atoms with E-state index in [0.717, 1.165) is 58.1 Å². The van der Waals surface area contributed by atoms with Crippen molar-refractivity contribution in [2.24, 2.45) is 0 Å². The summed E-state index contributed by atoms with van der Waals surface area (Å²) in [5.41, 5.74) is 3.13. The number of halogens is 2. The Hall–Kier alpha value is -1.01. The minimum Gasteiger partial charge on any atom is -0.494 e. The molecule has 1 aromatic carbocycles. The monoisotopic (exact) mass is 401 g/mol. The van der Waals surface area contributed by atoms with Gasteiger partial charge in [-0.3, -0.25) is 0 Å². The first kappa shape index (κ1) is 22.0. The van der Waals surface area contributed by atoms with Crippen LogP contribution in [0.3, 0.4) is 0 Å². The molecule has 1 heterocycles. The van der Waals surface area contributed by atoms with Crippen LogP contribution in [0.25, 0.3) is 0 Å². The number of nitrogens with zero attached hydrogens (tertiary/aromatic N) is 2. The molecule has 0 bridgehead atoms. The molecule has 0 unspecified atom stereocenters. The first-order valence-electron chi connectivity index (χ1n) is 8.15. The van der Waals surface area contributed by atoms with E-state index in [1.165, 1.54) is 0 Å². The third-order valence-corrected chi connectivity index (χ3v) is 4.50. The molecule has 25 heavy (non-hydrogen) atoms. The summed E-state index contributed by atoms with van der Waals surface area (Å²) in [7, 11) is 0. The number of aromatic nitrogens is 2. The number of hydrogen-bond donors (Lipinski definition) is 1. The van der Waals surface area contributed by atoms with Gasteiger partial charge >= 0.3 is 0 Å². The van der Waals surface area contributed by atoms with Gasteiger partial charge in [0.15, 0.2) is 5.16 Å². The summed E-state index contributed by atoms with van der Waals surface area (Å²) in [6.07, 6.45) is 1.05. The number of benzene rings is 1. The molecule has 0 amide bonds. The molecule has 4 nitrogen and oxygen atoms in total. The Balaban J connectivity index is 0.00000312. The number of thioether (sulfide) groups is 1. The maximum Gasteiger partial charge on any atom is 0.187 e. The lowest BCUT2D eigenvalue weighted by Crippen LogP contribution is -2.16. The van der Waals surface area contributed by atoms with Crippen molar-refractivity contribution in [2.45, 2.75) is 38.9 Å². The number of nitrogens with one attached hydrogen (secondary N) is 1. The molecule has 2 rings (SSSR count). The molecule has 0 saturated carbocycles. The van der Waals surface area contributed by atoms with E-state index in [-0.39, 0.29) is 12.4 Å². The molecule has 1 aromatic heterocycles. The summed E-state index contributed by atoms with van der Waals surface area (Å²) in [5, 5.41) is 5.04. The predicted octanol–water partition coefficient (Wildman–Crippen LogP) is 4.84. The summed E-state index contributed by atoms with van der Waals surface area (Å²) in [5.74, 6) is 1.89. The van der Waals surface area contributed by atoms with Gasteiger partial charge in [-0.25, -0.2) is 9.97 Å². The molecular formula is C18H25Cl2N3OS. The highest BCUT2D eigenvalue weighted by Gasteiger charge is 2.04. The fourth-order valence-electron chi connectivity index (χ4n) is 2.32. The molecule has 1 N–H and O–H groups in total. The van der Waals surface area contributed by atoms with Crippen molar-refractivity contribution < 1.29 is 4.74 Å². The second-order valence-corrected chi connectivity index (χ2v) is 7.00. The first-order valence-corrected chi connectivity index (χ1v) is 9.52. The standard InChI is InChI=1S/C18H24ClN3OS.ClH/c1-4-23-17-7-6-16(19)11-15(17)12-20-8-5-9-24-18-21-13(2)10-14(3)22-18;/h6-7,10-11,20H,4-5,8-9,12H2,1-3H3;1H. The summed E-state index contributed by atoms with van der Waals surface area (Å²) in [6, 6.07) is 7.73. The van der Waals surface area contributed by atoms with Gasteiger partial charge in [-0.05, 0) is 58.0 Å². The van der Waals surface area contributed by atoms with Gasteiger partial charge in [-0.2, -0.15) is 0 Å². The maximum atomic E-state index is 6.07. The van der Waals surface area contributed by atoms with Gasteiger partial charge in [0.05, 0.1) is 6.61 Å². The van der Waals surface area contributed by atoms with Crippen molar-refractivity contribution in [1.29, 1.82) is 0 Å². The van der Waals surface area contributed by atoms with E-state index in [4.69, 9.17) is 16.3 Å². The van der Waals surface area contributed by atoms with Crippen LogP contribution in [0.2, 0.25) is 5.02 Å². The second-order valence-electron chi connectivity index (χ2n) is 5.50. The first-order chi connectivity index (χ1) is 11.6. The molecular weight excluding hydrogens is 377 g/mol. The zero-order valence-electron chi connectivity index (χ0n) is 14.8. The van der Waals surface area contributed by atoms with Gasteiger partial charge in [0, 0.05) is 34.3 Å². The van der Waals surface area contributed by atoms with Crippen LogP contribution in [0.4, 0.5) is 0 Å². The molecule has 0 spiro atoms. The zero-order chi connectivity index (χ0) is 17.4. The lowest BCUT2D eigenvalue weighted by atomic mass is 10.2. The van der Waals surface area contributed by atoms with Crippen molar-refractivity contribution in [2.75, 3.05) is 18.9 Å². The fraction of sp³-hybridized carbons (Fsp3) is 0.444. The molecule has 138 valence electrons. The molecule has 0 saturated heterocycles.